The van der Waals surface area contributed by atoms with Gasteiger partial charge in [-0.1, -0.05) is 13.3 Å². The molecule has 2 rings (SSSR count). The van der Waals surface area contributed by atoms with Gasteiger partial charge in [-0.3, -0.25) is 38.6 Å². The Bertz CT molecular complexity index is 879. The molecule has 0 amide bonds. The van der Waals surface area contributed by atoms with Crippen molar-refractivity contribution in [3.63, 3.8) is 0 Å². The number of non-ortho nitro benzene ring substituents is 2. The molecule has 2 aromatic carbocycles. The second kappa shape index (κ2) is 10.7. The molecule has 0 aromatic heterocycles. The van der Waals surface area contributed by atoms with E-state index in [0.29, 0.717) is 17.5 Å². The van der Waals surface area contributed by atoms with Crippen LogP contribution < -0.4 is 0 Å². The van der Waals surface area contributed by atoms with Crippen LogP contribution in [-0.4, -0.2) is 15.4 Å². The first-order chi connectivity index (χ1) is 14.2. The van der Waals surface area contributed by atoms with E-state index in [1.807, 2.05) is 6.92 Å². The maximum atomic E-state index is 13.1. The summed E-state index contributed by atoms with van der Waals surface area (Å²) < 4.78 is 23.8. The molecule has 0 atom stereocenters. The van der Waals surface area contributed by atoms with Crippen molar-refractivity contribution in [2.75, 3.05) is 0 Å². The number of nitro benzene ring substituents is 2. The van der Waals surface area contributed by atoms with Crippen LogP contribution in [0.4, 0.5) is 11.4 Å². The lowest BCUT2D eigenvalue weighted by atomic mass is 10.2. The summed E-state index contributed by atoms with van der Waals surface area (Å²) >= 11 is 0. The van der Waals surface area contributed by atoms with Crippen LogP contribution in [0, 0.1) is 20.2 Å². The van der Waals surface area contributed by atoms with Gasteiger partial charge in [0, 0.05) is 30.7 Å². The van der Waals surface area contributed by atoms with Gasteiger partial charge in [0.1, 0.15) is 0 Å². The fourth-order valence-corrected chi connectivity index (χ4v) is 3.83. The molecule has 0 radical (unpaired) electrons. The minimum atomic E-state index is -4.14. The summed E-state index contributed by atoms with van der Waals surface area (Å²) in [6.07, 6.45) is 1.26. The summed E-state index contributed by atoms with van der Waals surface area (Å²) in [5, 5.41) is 21.5. The first-order valence-corrected chi connectivity index (χ1v) is 10.7. The zero-order chi connectivity index (χ0) is 22.1. The Balaban J connectivity index is 2.09. The van der Waals surface area contributed by atoms with Gasteiger partial charge in [-0.2, -0.15) is 0 Å². The number of hydrogen-bond donors (Lipinski definition) is 0. The van der Waals surface area contributed by atoms with E-state index in [1.165, 1.54) is 48.5 Å². The normalized spacial score (nSPS) is 11.2. The molecule has 0 bridgehead atoms. The van der Waals surface area contributed by atoms with E-state index in [2.05, 4.69) is 0 Å². The van der Waals surface area contributed by atoms with E-state index in [9.17, 15) is 29.6 Å². The molecule has 0 saturated heterocycles. The van der Waals surface area contributed by atoms with E-state index in [4.69, 9.17) is 9.05 Å². The van der Waals surface area contributed by atoms with Gasteiger partial charge >= 0.3 is 7.60 Å². The van der Waals surface area contributed by atoms with E-state index in [1.54, 1.807) is 0 Å². The lowest BCUT2D eigenvalue weighted by Gasteiger charge is -2.17. The fraction of sp³-hybridized carbons (Fsp3) is 0.316. The molecule has 10 nitrogen and oxygen atoms in total. The Kier molecular flexibility index (Phi) is 8.35. The number of nitrogens with zero attached hydrogens (tertiary/aromatic N) is 2. The lowest BCUT2D eigenvalue weighted by molar-refractivity contribution is -0.385. The largest absolute Gasteiger partial charge is 0.397 e. The highest BCUT2D eigenvalue weighted by Gasteiger charge is 2.34. The van der Waals surface area contributed by atoms with Gasteiger partial charge in [-0.25, -0.2) is 0 Å². The highest BCUT2D eigenvalue weighted by Crippen LogP contribution is 2.52. The van der Waals surface area contributed by atoms with Crippen LogP contribution in [-0.2, 0) is 31.6 Å². The molecule has 2 aromatic rings. The van der Waals surface area contributed by atoms with Gasteiger partial charge in [0.2, 0.25) is 5.52 Å². The third-order valence-electron chi connectivity index (χ3n) is 4.15. The summed E-state index contributed by atoms with van der Waals surface area (Å²) in [5.41, 5.74) is 0.116. The summed E-state index contributed by atoms with van der Waals surface area (Å²) in [5.74, 6) is 0. The van der Waals surface area contributed by atoms with E-state index in [-0.39, 0.29) is 31.0 Å². The fourth-order valence-electron chi connectivity index (χ4n) is 2.39. The lowest BCUT2D eigenvalue weighted by Crippen LogP contribution is -2.07. The minimum absolute atomic E-state index is 0.0221. The Labute approximate surface area is 172 Å². The van der Waals surface area contributed by atoms with Crippen molar-refractivity contribution in [3.05, 3.63) is 79.9 Å². The summed E-state index contributed by atoms with van der Waals surface area (Å²) in [6.45, 7) is 1.43. The second-order valence-corrected chi connectivity index (χ2v) is 8.40. The first kappa shape index (κ1) is 23.3. The number of carbonyl (C=O) groups is 1. The van der Waals surface area contributed by atoms with Crippen molar-refractivity contribution < 1.29 is 28.3 Å². The standard InChI is InChI=1S/C19H21N2O8P/c1-2-3-4-19(22)30(27,28-13-15-5-9-17(10-6-15)20(23)24)29-14-16-7-11-18(12-8-16)21(25)26/h5-12H,2-4,13-14H2,1H3. The van der Waals surface area contributed by atoms with Crippen molar-refractivity contribution in [1.82, 2.24) is 0 Å². The molecule has 0 aliphatic heterocycles. The number of carbonyl (C=O) groups excluding carboxylic acids is 1. The first-order valence-electron chi connectivity index (χ1n) is 9.14. The molecule has 0 saturated carbocycles. The van der Waals surface area contributed by atoms with Gasteiger partial charge in [-0.15, -0.1) is 0 Å². The molecule has 0 spiro atoms. The molecule has 0 N–H and O–H groups in total. The van der Waals surface area contributed by atoms with Crippen molar-refractivity contribution in [3.8, 4) is 0 Å². The van der Waals surface area contributed by atoms with Crippen LogP contribution in [0.15, 0.2) is 48.5 Å². The Morgan fingerprint density at radius 3 is 1.60 bits per heavy atom. The summed E-state index contributed by atoms with van der Waals surface area (Å²) in [4.78, 5) is 32.8. The zero-order valence-corrected chi connectivity index (χ0v) is 17.2. The Hall–Kier alpha value is -2.94. The molecule has 0 heterocycles. The third kappa shape index (κ3) is 6.55. The summed E-state index contributed by atoms with van der Waals surface area (Å²) in [6, 6.07) is 10.9. The predicted molar refractivity (Wildman–Crippen MR) is 108 cm³/mol. The van der Waals surface area contributed by atoms with E-state index >= 15 is 0 Å². The monoisotopic (exact) mass is 436 g/mol. The zero-order valence-electron chi connectivity index (χ0n) is 16.3. The molecule has 160 valence electrons. The second-order valence-electron chi connectivity index (χ2n) is 6.39. The quantitative estimate of drug-likeness (QED) is 0.253. The maximum Gasteiger partial charge on any atom is 0.397 e. The Morgan fingerprint density at radius 2 is 1.27 bits per heavy atom. The average molecular weight is 436 g/mol. The van der Waals surface area contributed by atoms with Crippen LogP contribution in [0.25, 0.3) is 0 Å². The van der Waals surface area contributed by atoms with Crippen LogP contribution in [0.5, 0.6) is 0 Å². The highest BCUT2D eigenvalue weighted by molar-refractivity contribution is 7.71. The molecular formula is C19H21N2O8P. The molecule has 0 fully saturated rings. The van der Waals surface area contributed by atoms with Gasteiger partial charge in [-0.05, 0) is 41.8 Å². The number of hydrogen-bond acceptors (Lipinski definition) is 8. The van der Waals surface area contributed by atoms with Crippen LogP contribution in [0.1, 0.15) is 37.3 Å². The molecule has 0 aliphatic carbocycles. The maximum absolute atomic E-state index is 13.1. The average Bonchev–Trinajstić information content (AvgIpc) is 2.75. The number of rotatable bonds is 12. The molecule has 0 aliphatic rings. The van der Waals surface area contributed by atoms with Crippen molar-refractivity contribution in [2.45, 2.75) is 39.4 Å². The summed E-state index contributed by atoms with van der Waals surface area (Å²) in [7, 11) is -4.14. The van der Waals surface area contributed by atoms with E-state index < -0.39 is 23.0 Å². The van der Waals surface area contributed by atoms with Crippen LogP contribution in [0.2, 0.25) is 0 Å². The number of benzene rings is 2. The molecule has 11 heteroatoms. The van der Waals surface area contributed by atoms with Crippen molar-refractivity contribution >= 4 is 24.5 Å². The Morgan fingerprint density at radius 1 is 0.867 bits per heavy atom. The molecular weight excluding hydrogens is 415 g/mol. The van der Waals surface area contributed by atoms with E-state index in [0.717, 1.165) is 6.42 Å². The SMILES string of the molecule is CCCCC(=O)P(=O)(OCc1ccc([N+](=O)[O-])cc1)OCc1ccc([N+](=O)[O-])cc1. The van der Waals surface area contributed by atoms with Gasteiger partial charge in [0.05, 0.1) is 23.1 Å². The predicted octanol–water partition coefficient (Wildman–Crippen LogP) is 5.15. The van der Waals surface area contributed by atoms with Crippen molar-refractivity contribution in [2.24, 2.45) is 0 Å². The van der Waals surface area contributed by atoms with Gasteiger partial charge in [0.15, 0.2) is 0 Å². The van der Waals surface area contributed by atoms with Gasteiger partial charge < -0.3 is 0 Å². The van der Waals surface area contributed by atoms with Crippen molar-refractivity contribution in [1.29, 1.82) is 0 Å². The van der Waals surface area contributed by atoms with Crippen LogP contribution >= 0.6 is 7.60 Å². The third-order valence-corrected chi connectivity index (χ3v) is 5.92. The molecule has 30 heavy (non-hydrogen) atoms. The van der Waals surface area contributed by atoms with Crippen LogP contribution in [0.3, 0.4) is 0 Å². The molecule has 0 unspecified atom stereocenters. The topological polar surface area (TPSA) is 139 Å². The smallest absolute Gasteiger partial charge is 0.298 e. The highest BCUT2D eigenvalue weighted by atomic mass is 31.2. The van der Waals surface area contributed by atoms with Gasteiger partial charge in [0.25, 0.3) is 11.4 Å². The number of nitro groups is 2. The minimum Gasteiger partial charge on any atom is -0.298 e. The number of unbranched alkanes of at least 4 members (excludes halogenated alkanes) is 1.